The fourth-order valence-electron chi connectivity index (χ4n) is 2.80. The number of hydrogen-bond acceptors (Lipinski definition) is 3. The lowest BCUT2D eigenvalue weighted by Gasteiger charge is -2.32. The third kappa shape index (κ3) is 3.31. The maximum atomic E-state index is 12.5. The van der Waals surface area contributed by atoms with Gasteiger partial charge in [-0.15, -0.1) is 0 Å². The molecule has 1 aliphatic rings. The number of phenolic OH excluding ortho intramolecular Hbond substituents is 1. The lowest BCUT2D eigenvalue weighted by atomic mass is 9.93. The van der Waals surface area contributed by atoms with Gasteiger partial charge in [0.25, 0.3) is 5.91 Å². The highest BCUT2D eigenvalue weighted by atomic mass is 16.3. The van der Waals surface area contributed by atoms with Crippen LogP contribution in [0, 0.1) is 12.8 Å². The van der Waals surface area contributed by atoms with E-state index in [2.05, 4.69) is 5.32 Å². The first-order valence-corrected chi connectivity index (χ1v) is 7.36. The summed E-state index contributed by atoms with van der Waals surface area (Å²) in [6, 6.07) is 5.15. The van der Waals surface area contributed by atoms with E-state index in [-0.39, 0.29) is 11.7 Å². The molecular formula is C16H24N2O2. The highest BCUT2D eigenvalue weighted by Gasteiger charge is 2.24. The molecule has 0 unspecified atom stereocenters. The molecule has 0 aliphatic carbocycles. The summed E-state index contributed by atoms with van der Waals surface area (Å²) in [7, 11) is 1.98. The van der Waals surface area contributed by atoms with Crippen LogP contribution in [0.3, 0.4) is 0 Å². The maximum absolute atomic E-state index is 12.5. The fraction of sp³-hybridized carbons (Fsp3) is 0.562. The Labute approximate surface area is 120 Å². The Kier molecular flexibility index (Phi) is 5.01. The van der Waals surface area contributed by atoms with Crippen LogP contribution in [-0.4, -0.2) is 42.6 Å². The number of amides is 1. The van der Waals surface area contributed by atoms with Crippen molar-refractivity contribution in [1.29, 1.82) is 0 Å². The zero-order chi connectivity index (χ0) is 14.5. The van der Waals surface area contributed by atoms with E-state index in [0.717, 1.165) is 38.4 Å². The molecule has 1 heterocycles. The van der Waals surface area contributed by atoms with Gasteiger partial charge in [-0.1, -0.05) is 6.07 Å². The minimum atomic E-state index is 0.0467. The molecule has 0 spiro atoms. The smallest absolute Gasteiger partial charge is 0.254 e. The SMILES string of the molecule is CNCCC1CCN(C(=O)c2cccc(O)c2C)CC1. The molecule has 4 nitrogen and oxygen atoms in total. The van der Waals surface area contributed by atoms with Gasteiger partial charge in [-0.3, -0.25) is 4.79 Å². The molecule has 110 valence electrons. The molecule has 2 N–H and O–H groups in total. The number of nitrogens with zero attached hydrogens (tertiary/aromatic N) is 1. The zero-order valence-corrected chi connectivity index (χ0v) is 12.4. The summed E-state index contributed by atoms with van der Waals surface area (Å²) < 4.78 is 0. The number of carbonyl (C=O) groups is 1. The van der Waals surface area contributed by atoms with Crippen LogP contribution in [0.25, 0.3) is 0 Å². The van der Waals surface area contributed by atoms with E-state index in [1.165, 1.54) is 6.42 Å². The molecule has 0 atom stereocenters. The van der Waals surface area contributed by atoms with Crippen molar-refractivity contribution in [3.8, 4) is 5.75 Å². The van der Waals surface area contributed by atoms with E-state index in [1.807, 2.05) is 11.9 Å². The van der Waals surface area contributed by atoms with Crippen molar-refractivity contribution in [3.05, 3.63) is 29.3 Å². The summed E-state index contributed by atoms with van der Waals surface area (Å²) >= 11 is 0. The average Bonchev–Trinajstić information content (AvgIpc) is 2.48. The Morgan fingerprint density at radius 2 is 2.10 bits per heavy atom. The van der Waals surface area contributed by atoms with Gasteiger partial charge in [0.05, 0.1) is 0 Å². The van der Waals surface area contributed by atoms with Gasteiger partial charge in [0, 0.05) is 24.2 Å². The molecule has 0 bridgehead atoms. The average molecular weight is 276 g/mol. The quantitative estimate of drug-likeness (QED) is 0.886. The Hall–Kier alpha value is -1.55. The predicted molar refractivity (Wildman–Crippen MR) is 80.0 cm³/mol. The van der Waals surface area contributed by atoms with Crippen molar-refractivity contribution < 1.29 is 9.90 Å². The van der Waals surface area contributed by atoms with Crippen LogP contribution in [0.2, 0.25) is 0 Å². The van der Waals surface area contributed by atoms with Gasteiger partial charge in [-0.25, -0.2) is 0 Å². The van der Waals surface area contributed by atoms with Crippen LogP contribution in [0.5, 0.6) is 5.75 Å². The zero-order valence-electron chi connectivity index (χ0n) is 12.4. The number of likely N-dealkylation sites (tertiary alicyclic amines) is 1. The first kappa shape index (κ1) is 14.9. The number of benzene rings is 1. The van der Waals surface area contributed by atoms with Gasteiger partial charge >= 0.3 is 0 Å². The number of hydrogen-bond donors (Lipinski definition) is 2. The molecule has 1 amide bonds. The van der Waals surface area contributed by atoms with Gasteiger partial charge in [0.1, 0.15) is 5.75 Å². The van der Waals surface area contributed by atoms with Gasteiger partial charge in [-0.05, 0) is 57.8 Å². The molecule has 1 fully saturated rings. The second-order valence-electron chi connectivity index (χ2n) is 5.58. The Morgan fingerprint density at radius 3 is 2.75 bits per heavy atom. The minimum Gasteiger partial charge on any atom is -0.508 e. The predicted octanol–water partition coefficient (Wildman–Crippen LogP) is 2.16. The second kappa shape index (κ2) is 6.75. The largest absolute Gasteiger partial charge is 0.508 e. The first-order chi connectivity index (χ1) is 9.63. The molecule has 0 aromatic heterocycles. The Balaban J connectivity index is 1.96. The maximum Gasteiger partial charge on any atom is 0.254 e. The number of aromatic hydroxyl groups is 1. The summed E-state index contributed by atoms with van der Waals surface area (Å²) in [5.74, 6) is 0.960. The van der Waals surface area contributed by atoms with Gasteiger partial charge in [0.15, 0.2) is 0 Å². The molecule has 4 heteroatoms. The highest BCUT2D eigenvalue weighted by Crippen LogP contribution is 2.25. The number of piperidine rings is 1. The molecule has 1 aliphatic heterocycles. The van der Waals surface area contributed by atoms with Crippen LogP contribution in [0.15, 0.2) is 18.2 Å². The van der Waals surface area contributed by atoms with E-state index in [1.54, 1.807) is 25.1 Å². The summed E-state index contributed by atoms with van der Waals surface area (Å²) in [5, 5.41) is 12.9. The number of rotatable bonds is 4. The topological polar surface area (TPSA) is 52.6 Å². The van der Waals surface area contributed by atoms with Crippen molar-refractivity contribution in [3.63, 3.8) is 0 Å². The third-order valence-electron chi connectivity index (χ3n) is 4.24. The van der Waals surface area contributed by atoms with Crippen LogP contribution in [0.4, 0.5) is 0 Å². The van der Waals surface area contributed by atoms with Gasteiger partial charge in [0.2, 0.25) is 0 Å². The Morgan fingerprint density at radius 1 is 1.40 bits per heavy atom. The van der Waals surface area contributed by atoms with Crippen molar-refractivity contribution in [2.24, 2.45) is 5.92 Å². The van der Waals surface area contributed by atoms with E-state index >= 15 is 0 Å². The number of nitrogens with one attached hydrogen (secondary N) is 1. The van der Waals surface area contributed by atoms with E-state index in [0.29, 0.717) is 11.1 Å². The highest BCUT2D eigenvalue weighted by molar-refractivity contribution is 5.96. The van der Waals surface area contributed by atoms with Crippen LogP contribution >= 0.6 is 0 Å². The van der Waals surface area contributed by atoms with Crippen molar-refractivity contribution in [2.75, 3.05) is 26.7 Å². The monoisotopic (exact) mass is 276 g/mol. The standard InChI is InChI=1S/C16H24N2O2/c1-12-14(4-3-5-15(12)19)16(20)18-10-7-13(8-11-18)6-9-17-2/h3-5,13,17,19H,6-11H2,1-2H3. The first-order valence-electron chi connectivity index (χ1n) is 7.36. The third-order valence-corrected chi connectivity index (χ3v) is 4.24. The molecular weight excluding hydrogens is 252 g/mol. The van der Waals surface area contributed by atoms with Gasteiger partial charge in [-0.2, -0.15) is 0 Å². The van der Waals surface area contributed by atoms with Crippen molar-refractivity contribution >= 4 is 5.91 Å². The van der Waals surface area contributed by atoms with Crippen molar-refractivity contribution in [1.82, 2.24) is 10.2 Å². The summed E-state index contributed by atoms with van der Waals surface area (Å²) in [4.78, 5) is 14.4. The second-order valence-corrected chi connectivity index (χ2v) is 5.58. The number of phenols is 1. The summed E-state index contributed by atoms with van der Waals surface area (Å²) in [5.41, 5.74) is 1.30. The lowest BCUT2D eigenvalue weighted by Crippen LogP contribution is -2.39. The van der Waals surface area contributed by atoms with E-state index in [9.17, 15) is 9.90 Å². The van der Waals surface area contributed by atoms with Crippen LogP contribution in [-0.2, 0) is 0 Å². The fourth-order valence-corrected chi connectivity index (χ4v) is 2.80. The van der Waals surface area contributed by atoms with E-state index < -0.39 is 0 Å². The normalized spacial score (nSPS) is 16.4. The van der Waals surface area contributed by atoms with Crippen molar-refractivity contribution in [2.45, 2.75) is 26.2 Å². The van der Waals surface area contributed by atoms with Crippen LogP contribution < -0.4 is 5.32 Å². The molecule has 0 radical (unpaired) electrons. The molecule has 2 rings (SSSR count). The van der Waals surface area contributed by atoms with Gasteiger partial charge < -0.3 is 15.3 Å². The molecule has 1 aromatic rings. The Bertz CT molecular complexity index is 466. The molecule has 0 saturated carbocycles. The van der Waals surface area contributed by atoms with Crippen LogP contribution in [0.1, 0.15) is 35.2 Å². The summed E-state index contributed by atoms with van der Waals surface area (Å²) in [6.07, 6.45) is 3.33. The molecule has 20 heavy (non-hydrogen) atoms. The number of carbonyl (C=O) groups excluding carboxylic acids is 1. The molecule has 1 aromatic carbocycles. The minimum absolute atomic E-state index is 0.0467. The lowest BCUT2D eigenvalue weighted by molar-refractivity contribution is 0.0686. The summed E-state index contributed by atoms with van der Waals surface area (Å²) in [6.45, 7) is 4.48. The van der Waals surface area contributed by atoms with E-state index in [4.69, 9.17) is 0 Å². The molecule has 1 saturated heterocycles.